The first kappa shape index (κ1) is 14.7. The predicted octanol–water partition coefficient (Wildman–Crippen LogP) is 1.83. The quantitative estimate of drug-likeness (QED) is 0.795. The zero-order valence-corrected chi connectivity index (χ0v) is 13.4. The Bertz CT molecular complexity index is 442. The summed E-state index contributed by atoms with van der Waals surface area (Å²) in [6, 6.07) is 6.00. The van der Waals surface area contributed by atoms with Gasteiger partial charge in [-0.15, -0.1) is 0 Å². The van der Waals surface area contributed by atoms with Crippen LogP contribution in [-0.2, 0) is 4.79 Å². The summed E-state index contributed by atoms with van der Waals surface area (Å²) < 4.78 is 1.18. The molecule has 1 saturated heterocycles. The zero-order chi connectivity index (χ0) is 13.7. The van der Waals surface area contributed by atoms with E-state index in [2.05, 4.69) is 45.0 Å². The number of nitrogens with one attached hydrogen (secondary N) is 2. The molecule has 0 radical (unpaired) electrons. The van der Waals surface area contributed by atoms with Crippen LogP contribution in [0.3, 0.4) is 0 Å². The van der Waals surface area contributed by atoms with Gasteiger partial charge in [-0.25, -0.2) is 0 Å². The van der Waals surface area contributed by atoms with Gasteiger partial charge in [-0.1, -0.05) is 6.07 Å². The third-order valence-electron chi connectivity index (χ3n) is 3.26. The van der Waals surface area contributed by atoms with Gasteiger partial charge in [0, 0.05) is 22.3 Å². The van der Waals surface area contributed by atoms with Gasteiger partial charge in [-0.05, 0) is 66.7 Å². The monoisotopic (exact) mass is 373 g/mol. The summed E-state index contributed by atoms with van der Waals surface area (Å²) in [4.78, 5) is 14.2. The summed E-state index contributed by atoms with van der Waals surface area (Å²) in [6.45, 7) is 6.50. The highest BCUT2D eigenvalue weighted by Gasteiger charge is 2.12. The highest BCUT2D eigenvalue weighted by atomic mass is 127. The molecule has 0 unspecified atom stereocenters. The Kier molecular flexibility index (Phi) is 5.59. The molecule has 0 aliphatic carbocycles. The van der Waals surface area contributed by atoms with Crippen LogP contribution in [0.2, 0.25) is 0 Å². The third-order valence-corrected chi connectivity index (χ3v) is 4.42. The van der Waals surface area contributed by atoms with Gasteiger partial charge >= 0.3 is 0 Å². The number of rotatable bonds is 3. The van der Waals surface area contributed by atoms with Gasteiger partial charge in [0.05, 0.1) is 6.54 Å². The van der Waals surface area contributed by atoms with E-state index in [4.69, 9.17) is 0 Å². The Balaban J connectivity index is 1.87. The lowest BCUT2D eigenvalue weighted by Gasteiger charge is -2.18. The number of carbonyl (C=O) groups excluding carboxylic acids is 1. The van der Waals surface area contributed by atoms with Crippen molar-refractivity contribution in [3.8, 4) is 0 Å². The standard InChI is InChI=1S/C14H20IN3O/c1-11-3-4-12(9-13(11)15)17-14(19)10-18-7-2-5-16-6-8-18/h3-4,9,16H,2,5-8,10H2,1H3,(H,17,19). The van der Waals surface area contributed by atoms with E-state index < -0.39 is 0 Å². The van der Waals surface area contributed by atoms with Crippen molar-refractivity contribution in [1.29, 1.82) is 0 Å². The average Bonchev–Trinajstić information content (AvgIpc) is 2.62. The van der Waals surface area contributed by atoms with Crippen molar-refractivity contribution in [2.45, 2.75) is 13.3 Å². The summed E-state index contributed by atoms with van der Waals surface area (Å²) in [6.07, 6.45) is 1.11. The maximum absolute atomic E-state index is 12.0. The Morgan fingerprint density at radius 2 is 2.26 bits per heavy atom. The van der Waals surface area contributed by atoms with Crippen LogP contribution in [0.4, 0.5) is 5.69 Å². The summed E-state index contributed by atoms with van der Waals surface area (Å²) in [7, 11) is 0. The fourth-order valence-corrected chi connectivity index (χ4v) is 2.65. The number of carbonyl (C=O) groups is 1. The average molecular weight is 373 g/mol. The van der Waals surface area contributed by atoms with E-state index in [1.165, 1.54) is 9.13 Å². The summed E-state index contributed by atoms with van der Waals surface area (Å²) in [5, 5.41) is 6.31. The van der Waals surface area contributed by atoms with Crippen molar-refractivity contribution < 1.29 is 4.79 Å². The number of aryl methyl sites for hydroxylation is 1. The number of halogens is 1. The molecule has 19 heavy (non-hydrogen) atoms. The minimum absolute atomic E-state index is 0.0709. The van der Waals surface area contributed by atoms with Crippen LogP contribution in [0.5, 0.6) is 0 Å². The predicted molar refractivity (Wildman–Crippen MR) is 86.5 cm³/mol. The molecule has 0 spiro atoms. The van der Waals surface area contributed by atoms with Crippen molar-refractivity contribution in [3.05, 3.63) is 27.3 Å². The van der Waals surface area contributed by atoms with Gasteiger partial charge in [-0.3, -0.25) is 9.69 Å². The van der Waals surface area contributed by atoms with Crippen LogP contribution >= 0.6 is 22.6 Å². The van der Waals surface area contributed by atoms with Gasteiger partial charge in [-0.2, -0.15) is 0 Å². The largest absolute Gasteiger partial charge is 0.325 e. The number of anilines is 1. The second kappa shape index (κ2) is 7.21. The van der Waals surface area contributed by atoms with Crippen LogP contribution in [0, 0.1) is 10.5 Å². The SMILES string of the molecule is Cc1ccc(NC(=O)CN2CCCNCC2)cc1I. The molecule has 1 aromatic carbocycles. The number of hydrogen-bond donors (Lipinski definition) is 2. The van der Waals surface area contributed by atoms with E-state index in [0.717, 1.165) is 38.3 Å². The minimum Gasteiger partial charge on any atom is -0.325 e. The molecule has 0 aromatic heterocycles. The minimum atomic E-state index is 0.0709. The molecule has 104 valence electrons. The van der Waals surface area contributed by atoms with Crippen molar-refractivity contribution in [2.24, 2.45) is 0 Å². The van der Waals surface area contributed by atoms with Gasteiger partial charge in [0.15, 0.2) is 0 Å². The van der Waals surface area contributed by atoms with Crippen LogP contribution in [0.25, 0.3) is 0 Å². The molecule has 1 aromatic rings. The van der Waals surface area contributed by atoms with Crippen molar-refractivity contribution >= 4 is 34.2 Å². The Morgan fingerprint density at radius 1 is 1.42 bits per heavy atom. The van der Waals surface area contributed by atoms with E-state index in [0.29, 0.717) is 6.54 Å². The molecule has 5 heteroatoms. The number of benzene rings is 1. The van der Waals surface area contributed by atoms with Crippen molar-refractivity contribution in [3.63, 3.8) is 0 Å². The molecular weight excluding hydrogens is 353 g/mol. The molecule has 1 fully saturated rings. The molecule has 0 bridgehead atoms. The Hall–Kier alpha value is -0.660. The van der Waals surface area contributed by atoms with Crippen LogP contribution in [0.1, 0.15) is 12.0 Å². The fraction of sp³-hybridized carbons (Fsp3) is 0.500. The summed E-state index contributed by atoms with van der Waals surface area (Å²) in [5.41, 5.74) is 2.12. The molecule has 1 amide bonds. The number of amides is 1. The fourth-order valence-electron chi connectivity index (χ4n) is 2.13. The first-order valence-corrected chi connectivity index (χ1v) is 7.72. The van der Waals surface area contributed by atoms with E-state index in [1.54, 1.807) is 0 Å². The lowest BCUT2D eigenvalue weighted by atomic mass is 10.2. The first-order valence-electron chi connectivity index (χ1n) is 6.64. The highest BCUT2D eigenvalue weighted by molar-refractivity contribution is 14.1. The van der Waals surface area contributed by atoms with E-state index in [9.17, 15) is 4.79 Å². The van der Waals surface area contributed by atoms with Crippen LogP contribution in [0.15, 0.2) is 18.2 Å². The molecule has 1 aliphatic heterocycles. The number of nitrogens with zero attached hydrogens (tertiary/aromatic N) is 1. The van der Waals surface area contributed by atoms with E-state index in [1.807, 2.05) is 18.2 Å². The van der Waals surface area contributed by atoms with Gasteiger partial charge in [0.2, 0.25) is 5.91 Å². The highest BCUT2D eigenvalue weighted by Crippen LogP contribution is 2.17. The Morgan fingerprint density at radius 3 is 3.05 bits per heavy atom. The smallest absolute Gasteiger partial charge is 0.238 e. The second-order valence-corrected chi connectivity index (χ2v) is 6.05. The molecule has 1 aliphatic rings. The first-order chi connectivity index (χ1) is 9.15. The zero-order valence-electron chi connectivity index (χ0n) is 11.2. The molecular formula is C14H20IN3O. The summed E-state index contributed by atoms with van der Waals surface area (Å²) in [5.74, 6) is 0.0709. The Labute approximate surface area is 128 Å². The molecule has 4 nitrogen and oxygen atoms in total. The molecule has 2 N–H and O–H groups in total. The molecule has 0 atom stereocenters. The van der Waals surface area contributed by atoms with Gasteiger partial charge in [0.25, 0.3) is 0 Å². The lowest BCUT2D eigenvalue weighted by Crippen LogP contribution is -2.35. The van der Waals surface area contributed by atoms with Crippen molar-refractivity contribution in [1.82, 2.24) is 10.2 Å². The van der Waals surface area contributed by atoms with Gasteiger partial charge < -0.3 is 10.6 Å². The van der Waals surface area contributed by atoms with E-state index in [-0.39, 0.29) is 5.91 Å². The maximum atomic E-state index is 12.0. The maximum Gasteiger partial charge on any atom is 0.238 e. The molecule has 1 heterocycles. The third kappa shape index (κ3) is 4.74. The normalized spacial score (nSPS) is 16.9. The topological polar surface area (TPSA) is 44.4 Å². The van der Waals surface area contributed by atoms with Crippen LogP contribution in [-0.4, -0.2) is 43.5 Å². The van der Waals surface area contributed by atoms with E-state index >= 15 is 0 Å². The summed E-state index contributed by atoms with van der Waals surface area (Å²) >= 11 is 2.29. The second-order valence-electron chi connectivity index (χ2n) is 4.89. The molecule has 0 saturated carbocycles. The van der Waals surface area contributed by atoms with Gasteiger partial charge in [0.1, 0.15) is 0 Å². The number of hydrogen-bond acceptors (Lipinski definition) is 3. The lowest BCUT2D eigenvalue weighted by molar-refractivity contribution is -0.117. The van der Waals surface area contributed by atoms with Crippen LogP contribution < -0.4 is 10.6 Å². The van der Waals surface area contributed by atoms with Crippen molar-refractivity contribution in [2.75, 3.05) is 38.0 Å². The molecule has 2 rings (SSSR count).